The lowest BCUT2D eigenvalue weighted by Crippen LogP contribution is -2.47. The van der Waals surface area contributed by atoms with Crippen molar-refractivity contribution in [1.82, 2.24) is 4.90 Å². The minimum atomic E-state index is -1.56. The average molecular weight is 606 g/mol. The third kappa shape index (κ3) is 8.38. The molecule has 0 fully saturated rings. The highest BCUT2D eigenvalue weighted by molar-refractivity contribution is 5.79. The summed E-state index contributed by atoms with van der Waals surface area (Å²) in [4.78, 5) is 12.4. The first-order valence-electron chi connectivity index (χ1n) is 14.7. The molecule has 0 saturated heterocycles. The second-order valence-corrected chi connectivity index (χ2v) is 11.9. The van der Waals surface area contributed by atoms with Crippen LogP contribution in [-0.2, 0) is 25.4 Å². The molecule has 2 aliphatic rings. The third-order valence-electron chi connectivity index (χ3n) is 7.95. The van der Waals surface area contributed by atoms with Crippen molar-refractivity contribution in [3.8, 4) is 5.75 Å². The fourth-order valence-corrected chi connectivity index (χ4v) is 5.87. The number of fused-ring (bicyclic) bond motifs is 2. The second-order valence-electron chi connectivity index (χ2n) is 11.9. The molecule has 236 valence electrons. The summed E-state index contributed by atoms with van der Waals surface area (Å²) >= 11 is 0. The molecule has 0 unspecified atom stereocenters. The highest BCUT2D eigenvalue weighted by Crippen LogP contribution is 2.50. The van der Waals surface area contributed by atoms with Crippen LogP contribution in [0.1, 0.15) is 63.8 Å². The van der Waals surface area contributed by atoms with Gasteiger partial charge in [-0.1, -0.05) is 24.3 Å². The van der Waals surface area contributed by atoms with Crippen molar-refractivity contribution in [2.24, 2.45) is 0 Å². The van der Waals surface area contributed by atoms with Gasteiger partial charge in [0.15, 0.2) is 0 Å². The Morgan fingerprint density at radius 1 is 1.05 bits per heavy atom. The van der Waals surface area contributed by atoms with Crippen LogP contribution in [0, 0.1) is 11.6 Å². The van der Waals surface area contributed by atoms with Crippen LogP contribution in [0.5, 0.6) is 5.75 Å². The predicted octanol–water partition coefficient (Wildman–Crippen LogP) is 6.15. The molecule has 4 rings (SSSR count). The topological polar surface area (TPSA) is 77.5 Å². The number of hydrogen-bond donors (Lipinski definition) is 1. The minimum Gasteiger partial charge on any atom is -0.491 e. The van der Waals surface area contributed by atoms with Gasteiger partial charge in [0.1, 0.15) is 36.3 Å². The van der Waals surface area contributed by atoms with Gasteiger partial charge in [-0.15, -0.1) is 0 Å². The molecule has 1 aliphatic heterocycles. The SMILES string of the molecule is C[C@H](OCCOCC(=O)O)[C@H](C)OCCOc1cc(F)c([C@@H]2C3=C(C[C@@H](C)N2CC(C)(C)F)c2ccccc2C3)c(F)c1. The summed E-state index contributed by atoms with van der Waals surface area (Å²) in [6, 6.07) is 9.52. The van der Waals surface area contributed by atoms with Gasteiger partial charge in [0.05, 0.1) is 38.1 Å². The summed E-state index contributed by atoms with van der Waals surface area (Å²) in [6.45, 7) is 8.82. The maximum absolute atomic E-state index is 15.8. The lowest BCUT2D eigenvalue weighted by Gasteiger charge is -2.44. The van der Waals surface area contributed by atoms with Crippen molar-refractivity contribution in [3.63, 3.8) is 0 Å². The maximum Gasteiger partial charge on any atom is 0.329 e. The van der Waals surface area contributed by atoms with E-state index in [1.807, 2.05) is 49.9 Å². The highest BCUT2D eigenvalue weighted by atomic mass is 19.1. The molecule has 4 atom stereocenters. The number of halogens is 3. The van der Waals surface area contributed by atoms with Gasteiger partial charge in [-0.2, -0.15) is 0 Å². The van der Waals surface area contributed by atoms with Crippen LogP contribution in [0.2, 0.25) is 0 Å². The molecule has 2 aromatic carbocycles. The summed E-state index contributed by atoms with van der Waals surface area (Å²) in [5.74, 6) is -2.48. The van der Waals surface area contributed by atoms with Gasteiger partial charge in [0.25, 0.3) is 0 Å². The minimum absolute atomic E-state index is 0.0378. The van der Waals surface area contributed by atoms with Gasteiger partial charge in [0.2, 0.25) is 0 Å². The Morgan fingerprint density at radius 2 is 1.67 bits per heavy atom. The molecular weight excluding hydrogens is 563 g/mol. The van der Waals surface area contributed by atoms with Crippen LogP contribution in [0.25, 0.3) is 5.57 Å². The van der Waals surface area contributed by atoms with E-state index >= 15 is 8.78 Å². The largest absolute Gasteiger partial charge is 0.491 e. The average Bonchev–Trinajstić information content (AvgIpc) is 3.29. The first-order valence-corrected chi connectivity index (χ1v) is 14.7. The van der Waals surface area contributed by atoms with Gasteiger partial charge in [-0.25, -0.2) is 18.0 Å². The van der Waals surface area contributed by atoms with E-state index in [1.54, 1.807) is 0 Å². The summed E-state index contributed by atoms with van der Waals surface area (Å²) in [5.41, 5.74) is 2.59. The molecule has 1 N–H and O–H groups in total. The van der Waals surface area contributed by atoms with Gasteiger partial charge in [-0.05, 0) is 69.7 Å². The lowest BCUT2D eigenvalue weighted by molar-refractivity contribution is -0.143. The van der Waals surface area contributed by atoms with E-state index in [1.165, 1.54) is 26.0 Å². The smallest absolute Gasteiger partial charge is 0.329 e. The Kier molecular flexibility index (Phi) is 10.9. The third-order valence-corrected chi connectivity index (χ3v) is 7.95. The number of rotatable bonds is 15. The molecule has 10 heteroatoms. The predicted molar refractivity (Wildman–Crippen MR) is 157 cm³/mol. The quantitative estimate of drug-likeness (QED) is 0.244. The fraction of sp³-hybridized carbons (Fsp3) is 0.545. The first kappa shape index (κ1) is 33.0. The van der Waals surface area contributed by atoms with E-state index in [4.69, 9.17) is 24.1 Å². The molecule has 1 heterocycles. The normalized spacial score (nSPS) is 20.1. The van der Waals surface area contributed by atoms with Crippen molar-refractivity contribution < 1.29 is 42.0 Å². The van der Waals surface area contributed by atoms with Crippen LogP contribution in [0.15, 0.2) is 42.0 Å². The summed E-state index contributed by atoms with van der Waals surface area (Å²) < 4.78 is 68.5. The van der Waals surface area contributed by atoms with Crippen LogP contribution in [-0.4, -0.2) is 79.5 Å². The number of carboxylic acids is 1. The van der Waals surface area contributed by atoms with Crippen molar-refractivity contribution >= 4 is 11.5 Å². The second kappa shape index (κ2) is 14.2. The van der Waals surface area contributed by atoms with E-state index in [9.17, 15) is 9.18 Å². The molecular formula is C33H42F3NO6. The molecule has 0 aromatic heterocycles. The monoisotopic (exact) mass is 605 g/mol. The number of carboxylic acid groups (broad SMARTS) is 1. The van der Waals surface area contributed by atoms with Gasteiger partial charge in [0, 0.05) is 30.3 Å². The Balaban J connectivity index is 1.42. The number of carbonyl (C=O) groups is 1. The van der Waals surface area contributed by atoms with Gasteiger partial charge >= 0.3 is 5.97 Å². The number of ether oxygens (including phenoxy) is 4. The number of nitrogens with zero attached hydrogens (tertiary/aromatic N) is 1. The van der Waals surface area contributed by atoms with Gasteiger partial charge in [-0.3, -0.25) is 4.90 Å². The summed E-state index contributed by atoms with van der Waals surface area (Å²) in [6.07, 6.45) is 0.648. The van der Waals surface area contributed by atoms with Gasteiger partial charge < -0.3 is 24.1 Å². The Hall–Kier alpha value is -2.92. The number of aliphatic carboxylic acids is 1. The van der Waals surface area contributed by atoms with Crippen molar-refractivity contribution in [2.75, 3.05) is 39.6 Å². The zero-order chi connectivity index (χ0) is 31.3. The molecule has 0 bridgehead atoms. The Labute approximate surface area is 251 Å². The summed E-state index contributed by atoms with van der Waals surface area (Å²) in [7, 11) is 0. The first-order chi connectivity index (χ1) is 20.4. The standard InChI is InChI=1S/C33H42F3NO6/c1-20-14-26-25-9-7-6-8-23(25)15-27(26)32(37(20)19-33(4,5)36)31-28(34)16-24(17-29(31)35)43-13-12-42-22(3)21(2)41-11-10-40-18-30(38)39/h6-9,16-17,20-22,32H,10-15,18-19H2,1-5H3,(H,38,39)/t20-,21+,22+,32+/m1/s1. The number of benzene rings is 2. The highest BCUT2D eigenvalue weighted by Gasteiger charge is 2.43. The molecule has 0 saturated carbocycles. The Morgan fingerprint density at radius 3 is 2.30 bits per heavy atom. The molecule has 0 amide bonds. The molecule has 7 nitrogen and oxygen atoms in total. The van der Waals surface area contributed by atoms with E-state index in [0.29, 0.717) is 12.8 Å². The van der Waals surface area contributed by atoms with E-state index in [2.05, 4.69) is 0 Å². The molecule has 0 spiro atoms. The van der Waals surface area contributed by atoms with Crippen molar-refractivity contribution in [3.05, 3.63) is 70.3 Å². The Bertz CT molecular complexity index is 1290. The molecule has 1 aliphatic carbocycles. The fourth-order valence-electron chi connectivity index (χ4n) is 5.87. The van der Waals surface area contributed by atoms with E-state index < -0.39 is 29.3 Å². The van der Waals surface area contributed by atoms with Crippen LogP contribution in [0.4, 0.5) is 13.2 Å². The lowest BCUT2D eigenvalue weighted by atomic mass is 9.84. The molecule has 0 radical (unpaired) electrons. The van der Waals surface area contributed by atoms with Crippen LogP contribution >= 0.6 is 0 Å². The molecule has 2 aromatic rings. The maximum atomic E-state index is 15.8. The van der Waals surface area contributed by atoms with Crippen molar-refractivity contribution in [2.45, 2.75) is 77.4 Å². The number of hydrogen-bond acceptors (Lipinski definition) is 6. The molecule has 43 heavy (non-hydrogen) atoms. The van der Waals surface area contributed by atoms with Crippen molar-refractivity contribution in [1.29, 1.82) is 0 Å². The van der Waals surface area contributed by atoms with E-state index in [-0.39, 0.29) is 69.1 Å². The number of alkyl halides is 1. The van der Waals surface area contributed by atoms with Crippen LogP contribution in [0.3, 0.4) is 0 Å². The zero-order valence-electron chi connectivity index (χ0n) is 25.5. The van der Waals surface area contributed by atoms with E-state index in [0.717, 1.165) is 22.3 Å². The summed E-state index contributed by atoms with van der Waals surface area (Å²) in [5, 5.41) is 8.58. The van der Waals surface area contributed by atoms with Crippen LogP contribution < -0.4 is 4.74 Å². The zero-order valence-corrected chi connectivity index (χ0v) is 25.5.